The molecule has 2 aliphatic rings. The summed E-state index contributed by atoms with van der Waals surface area (Å²) >= 11 is 0. The number of aromatic nitrogens is 1. The lowest BCUT2D eigenvalue weighted by Crippen LogP contribution is -2.43. The second-order valence-corrected chi connectivity index (χ2v) is 6.03. The van der Waals surface area contributed by atoms with E-state index in [2.05, 4.69) is 10.5 Å². The first-order valence-corrected chi connectivity index (χ1v) is 7.72. The van der Waals surface area contributed by atoms with Crippen LogP contribution >= 0.6 is 0 Å². The summed E-state index contributed by atoms with van der Waals surface area (Å²) in [5, 5.41) is 15.7. The molecule has 1 aromatic heterocycles. The third-order valence-electron chi connectivity index (χ3n) is 4.33. The summed E-state index contributed by atoms with van der Waals surface area (Å²) in [4.78, 5) is 12.1. The molecule has 0 saturated heterocycles. The maximum Gasteiger partial charge on any atom is 0.273 e. The molecule has 2 aliphatic carbocycles. The third kappa shape index (κ3) is 3.44. The molecule has 2 fully saturated rings. The molecular weight excluding hydrogens is 272 g/mol. The fourth-order valence-electron chi connectivity index (χ4n) is 2.94. The normalized spacial score (nSPS) is 20.6. The first-order valence-electron chi connectivity index (χ1n) is 7.72. The van der Waals surface area contributed by atoms with Gasteiger partial charge in [0.2, 0.25) is 0 Å². The summed E-state index contributed by atoms with van der Waals surface area (Å²) in [7, 11) is 0. The molecule has 2 saturated carbocycles. The molecular formula is C15H22N2O4. The number of nitrogens with one attached hydrogen (secondary N) is 1. The average Bonchev–Trinajstić information content (AvgIpc) is 3.05. The van der Waals surface area contributed by atoms with E-state index in [0.29, 0.717) is 24.8 Å². The van der Waals surface area contributed by atoms with E-state index in [0.717, 1.165) is 44.3 Å². The highest BCUT2D eigenvalue weighted by Crippen LogP contribution is 2.40. The molecule has 0 aromatic carbocycles. The maximum absolute atomic E-state index is 12.1. The number of aliphatic hydroxyl groups excluding tert-OH is 1. The third-order valence-corrected chi connectivity index (χ3v) is 4.33. The van der Waals surface area contributed by atoms with Crippen LogP contribution in [0.2, 0.25) is 0 Å². The van der Waals surface area contributed by atoms with Crippen molar-refractivity contribution < 1.29 is 19.2 Å². The zero-order valence-corrected chi connectivity index (χ0v) is 12.1. The number of ether oxygens (including phenoxy) is 1. The van der Waals surface area contributed by atoms with Crippen molar-refractivity contribution in [2.45, 2.75) is 50.0 Å². The summed E-state index contributed by atoms with van der Waals surface area (Å²) in [6.45, 7) is 0.771. The van der Waals surface area contributed by atoms with Crippen LogP contribution < -0.4 is 5.32 Å². The fraction of sp³-hybridized carbons (Fsp3) is 0.733. The lowest BCUT2D eigenvalue weighted by atomic mass is 10.0. The van der Waals surface area contributed by atoms with E-state index >= 15 is 0 Å². The number of carbonyl (C=O) groups excluding carboxylic acids is 1. The van der Waals surface area contributed by atoms with Crippen LogP contribution in [0.15, 0.2) is 10.6 Å². The number of aliphatic hydroxyl groups is 1. The van der Waals surface area contributed by atoms with Gasteiger partial charge in [-0.3, -0.25) is 4.79 Å². The van der Waals surface area contributed by atoms with E-state index in [9.17, 15) is 4.79 Å². The van der Waals surface area contributed by atoms with Gasteiger partial charge in [-0.05, 0) is 25.7 Å². The highest BCUT2D eigenvalue weighted by molar-refractivity contribution is 5.92. The Morgan fingerprint density at radius 3 is 2.90 bits per heavy atom. The van der Waals surface area contributed by atoms with Crippen LogP contribution in [0, 0.1) is 0 Å². The minimum atomic E-state index is -0.332. The number of hydrogen-bond acceptors (Lipinski definition) is 5. The molecule has 0 radical (unpaired) electrons. The van der Waals surface area contributed by atoms with Gasteiger partial charge >= 0.3 is 0 Å². The molecule has 0 unspecified atom stereocenters. The van der Waals surface area contributed by atoms with E-state index in [-0.39, 0.29) is 18.1 Å². The van der Waals surface area contributed by atoms with Gasteiger partial charge in [-0.15, -0.1) is 0 Å². The molecule has 0 aliphatic heterocycles. The standard InChI is InChI=1S/C15H22N2O4/c18-7-8-20-15(5-1-2-6-15)10-16-14(19)12-9-13(21-17-12)11-3-4-11/h9,11,18H,1-8,10H2,(H,16,19). The van der Waals surface area contributed by atoms with Crippen LogP contribution in [0.1, 0.15) is 60.7 Å². The molecule has 1 aromatic rings. The quantitative estimate of drug-likeness (QED) is 0.798. The van der Waals surface area contributed by atoms with Crippen LogP contribution in [-0.2, 0) is 4.74 Å². The molecule has 0 bridgehead atoms. The molecule has 0 spiro atoms. The van der Waals surface area contributed by atoms with Gasteiger partial charge in [-0.25, -0.2) is 0 Å². The van der Waals surface area contributed by atoms with Gasteiger partial charge in [0, 0.05) is 18.5 Å². The lowest BCUT2D eigenvalue weighted by molar-refractivity contribution is -0.0511. The van der Waals surface area contributed by atoms with Crippen molar-refractivity contribution in [1.29, 1.82) is 0 Å². The van der Waals surface area contributed by atoms with Crippen molar-refractivity contribution in [3.8, 4) is 0 Å². The monoisotopic (exact) mass is 294 g/mol. The van der Waals surface area contributed by atoms with E-state index in [1.165, 1.54) is 0 Å². The molecule has 6 nitrogen and oxygen atoms in total. The van der Waals surface area contributed by atoms with Crippen LogP contribution in [0.3, 0.4) is 0 Å². The van der Waals surface area contributed by atoms with Crippen molar-refractivity contribution in [2.75, 3.05) is 19.8 Å². The van der Waals surface area contributed by atoms with E-state index < -0.39 is 0 Å². The summed E-state index contributed by atoms with van der Waals surface area (Å²) in [6, 6.07) is 1.74. The Morgan fingerprint density at radius 2 is 2.24 bits per heavy atom. The molecule has 3 rings (SSSR count). The Morgan fingerprint density at radius 1 is 1.48 bits per heavy atom. The summed E-state index contributed by atoms with van der Waals surface area (Å²) in [5.74, 6) is 1.05. The summed E-state index contributed by atoms with van der Waals surface area (Å²) in [6.07, 6.45) is 6.26. The highest BCUT2D eigenvalue weighted by Gasteiger charge is 2.35. The molecule has 1 amide bonds. The Kier molecular flexibility index (Phi) is 4.26. The van der Waals surface area contributed by atoms with Crippen LogP contribution in [0.4, 0.5) is 0 Å². The predicted molar refractivity (Wildman–Crippen MR) is 75.0 cm³/mol. The molecule has 0 atom stereocenters. The second kappa shape index (κ2) is 6.15. The van der Waals surface area contributed by atoms with Crippen LogP contribution in [0.5, 0.6) is 0 Å². The minimum Gasteiger partial charge on any atom is -0.394 e. The van der Waals surface area contributed by atoms with Crippen molar-refractivity contribution in [3.05, 3.63) is 17.5 Å². The number of nitrogens with zero attached hydrogens (tertiary/aromatic N) is 1. The van der Waals surface area contributed by atoms with Crippen LogP contribution in [0.25, 0.3) is 0 Å². The van der Waals surface area contributed by atoms with Gasteiger partial charge in [0.15, 0.2) is 5.69 Å². The van der Waals surface area contributed by atoms with Gasteiger partial charge in [0.1, 0.15) is 5.76 Å². The lowest BCUT2D eigenvalue weighted by Gasteiger charge is -2.29. The fourth-order valence-corrected chi connectivity index (χ4v) is 2.94. The van der Waals surface area contributed by atoms with Crippen molar-refractivity contribution >= 4 is 5.91 Å². The van der Waals surface area contributed by atoms with Crippen molar-refractivity contribution in [1.82, 2.24) is 10.5 Å². The Labute approximate surface area is 123 Å². The number of rotatable bonds is 7. The van der Waals surface area contributed by atoms with Crippen LogP contribution in [-0.4, -0.2) is 41.5 Å². The zero-order valence-electron chi connectivity index (χ0n) is 12.1. The largest absolute Gasteiger partial charge is 0.394 e. The predicted octanol–water partition coefficient (Wildman–Crippen LogP) is 1.60. The average molecular weight is 294 g/mol. The Hall–Kier alpha value is -1.40. The first-order chi connectivity index (χ1) is 10.2. The Bertz CT molecular complexity index is 490. The zero-order chi connectivity index (χ0) is 14.7. The number of carbonyl (C=O) groups is 1. The van der Waals surface area contributed by atoms with Crippen molar-refractivity contribution in [3.63, 3.8) is 0 Å². The molecule has 1 heterocycles. The Balaban J connectivity index is 1.55. The highest BCUT2D eigenvalue weighted by atomic mass is 16.5. The molecule has 6 heteroatoms. The first kappa shape index (κ1) is 14.5. The summed E-state index contributed by atoms with van der Waals surface area (Å²) < 4.78 is 11.0. The van der Waals surface area contributed by atoms with E-state index in [1.807, 2.05) is 0 Å². The minimum absolute atomic E-state index is 0.00370. The SMILES string of the molecule is O=C(NCC1(OCCO)CCCC1)c1cc(C2CC2)on1. The molecule has 21 heavy (non-hydrogen) atoms. The van der Waals surface area contributed by atoms with Gasteiger partial charge in [0.05, 0.1) is 18.8 Å². The topological polar surface area (TPSA) is 84.6 Å². The van der Waals surface area contributed by atoms with Gasteiger partial charge in [0.25, 0.3) is 5.91 Å². The molecule has 2 N–H and O–H groups in total. The molecule has 116 valence electrons. The van der Waals surface area contributed by atoms with E-state index in [4.69, 9.17) is 14.4 Å². The van der Waals surface area contributed by atoms with E-state index in [1.54, 1.807) is 6.07 Å². The van der Waals surface area contributed by atoms with Gasteiger partial charge in [-0.1, -0.05) is 18.0 Å². The smallest absolute Gasteiger partial charge is 0.273 e. The maximum atomic E-state index is 12.1. The van der Waals surface area contributed by atoms with Gasteiger partial charge in [-0.2, -0.15) is 0 Å². The summed E-state index contributed by atoms with van der Waals surface area (Å²) in [5.41, 5.74) is 0.00811. The number of hydrogen-bond donors (Lipinski definition) is 2. The van der Waals surface area contributed by atoms with Gasteiger partial charge < -0.3 is 19.7 Å². The second-order valence-electron chi connectivity index (χ2n) is 6.03. The number of amides is 1. The van der Waals surface area contributed by atoms with Crippen molar-refractivity contribution in [2.24, 2.45) is 0 Å².